The van der Waals surface area contributed by atoms with Crippen LogP contribution in [-0.4, -0.2) is 69.9 Å². The van der Waals surface area contributed by atoms with Crippen molar-refractivity contribution in [2.24, 2.45) is 5.92 Å². The first kappa shape index (κ1) is 24.8. The van der Waals surface area contributed by atoms with Gasteiger partial charge in [0.2, 0.25) is 0 Å². The van der Waals surface area contributed by atoms with E-state index in [4.69, 9.17) is 8.92 Å². The summed E-state index contributed by atoms with van der Waals surface area (Å²) in [5.74, 6) is 0.136. The van der Waals surface area contributed by atoms with Crippen LogP contribution in [0.25, 0.3) is 0 Å². The Bertz CT molecular complexity index is 857. The van der Waals surface area contributed by atoms with Gasteiger partial charge in [0.15, 0.2) is 0 Å². The number of carbonyl (C=O) groups is 1. The second-order valence-corrected chi connectivity index (χ2v) is 9.20. The fourth-order valence-electron chi connectivity index (χ4n) is 3.09. The maximum atomic E-state index is 12.1. The first-order valence-corrected chi connectivity index (χ1v) is 12.0. The molecule has 2 rings (SSSR count). The molecule has 0 spiro atoms. The molecule has 1 fully saturated rings. The predicted octanol–water partition coefficient (Wildman–Crippen LogP) is 1.94. The Kier molecular flexibility index (Phi) is 9.46. The fraction of sp³-hybridized carbons (Fsp3) is 0.632. The molecule has 0 bridgehead atoms. The molecule has 0 aliphatic carbocycles. The molecule has 1 aliphatic heterocycles. The average molecular weight is 459 g/mol. The van der Waals surface area contributed by atoms with Crippen molar-refractivity contribution in [3.8, 4) is 0 Å². The van der Waals surface area contributed by atoms with E-state index in [2.05, 4.69) is 10.6 Å². The highest BCUT2D eigenvalue weighted by molar-refractivity contribution is 7.85. The zero-order chi connectivity index (χ0) is 22.9. The van der Waals surface area contributed by atoms with Gasteiger partial charge in [0.05, 0.1) is 17.8 Å². The van der Waals surface area contributed by atoms with Crippen LogP contribution < -0.4 is 10.6 Å². The van der Waals surface area contributed by atoms with Gasteiger partial charge in [-0.25, -0.2) is 4.79 Å². The molecule has 1 aromatic carbocycles. The molecule has 31 heavy (non-hydrogen) atoms. The number of hydrogen-bond donors (Lipinski definition) is 2. The van der Waals surface area contributed by atoms with E-state index in [9.17, 15) is 23.3 Å². The number of nitro benzene ring substituents is 1. The van der Waals surface area contributed by atoms with E-state index < -0.39 is 21.1 Å². The standard InChI is InChI=1S/C19H30N4O7S/c1-15(4-3-11-30-31(2,27)28)13-21-17-12-16(5-6-18(17)23(25)26)14-29-19(24)22-9-7-20-8-10-22/h5-6,12,15,20-21H,3-4,7-11,13-14H2,1-2H3. The van der Waals surface area contributed by atoms with Crippen LogP contribution in [0.3, 0.4) is 0 Å². The van der Waals surface area contributed by atoms with Crippen molar-refractivity contribution in [1.82, 2.24) is 10.2 Å². The lowest BCUT2D eigenvalue weighted by molar-refractivity contribution is -0.384. The lowest BCUT2D eigenvalue weighted by Crippen LogP contribution is -2.46. The van der Waals surface area contributed by atoms with Crippen molar-refractivity contribution >= 4 is 27.6 Å². The number of ether oxygens (including phenoxy) is 1. The van der Waals surface area contributed by atoms with Crippen LogP contribution in [0.4, 0.5) is 16.2 Å². The number of piperazine rings is 1. The number of nitrogens with one attached hydrogen (secondary N) is 2. The van der Waals surface area contributed by atoms with Crippen LogP contribution in [0.2, 0.25) is 0 Å². The minimum absolute atomic E-state index is 0.0216. The van der Waals surface area contributed by atoms with Crippen molar-refractivity contribution in [2.45, 2.75) is 26.4 Å². The molecule has 1 aliphatic rings. The monoisotopic (exact) mass is 458 g/mol. The van der Waals surface area contributed by atoms with Gasteiger partial charge in [0.1, 0.15) is 12.3 Å². The van der Waals surface area contributed by atoms with Crippen molar-refractivity contribution in [2.75, 3.05) is 50.9 Å². The lowest BCUT2D eigenvalue weighted by Gasteiger charge is -2.26. The summed E-state index contributed by atoms with van der Waals surface area (Å²) in [4.78, 5) is 24.6. The Hall–Kier alpha value is -2.44. The first-order valence-electron chi connectivity index (χ1n) is 10.1. The highest BCUT2D eigenvalue weighted by atomic mass is 32.2. The third-order valence-electron chi connectivity index (χ3n) is 4.77. The fourth-order valence-corrected chi connectivity index (χ4v) is 3.51. The van der Waals surface area contributed by atoms with Crippen LogP contribution in [0, 0.1) is 16.0 Å². The highest BCUT2D eigenvalue weighted by Gasteiger charge is 2.19. The first-order chi connectivity index (χ1) is 14.7. The molecule has 1 atom stereocenters. The van der Waals surface area contributed by atoms with Crippen LogP contribution in [0.15, 0.2) is 18.2 Å². The van der Waals surface area contributed by atoms with Gasteiger partial charge in [-0.3, -0.25) is 14.3 Å². The topological polar surface area (TPSA) is 140 Å². The van der Waals surface area contributed by atoms with Gasteiger partial charge in [-0.05, 0) is 36.5 Å². The molecule has 1 unspecified atom stereocenters. The number of benzene rings is 1. The number of nitro groups is 1. The van der Waals surface area contributed by atoms with E-state index in [0.29, 0.717) is 43.7 Å². The molecule has 174 valence electrons. The molecule has 0 saturated carbocycles. The number of nitrogens with zero attached hydrogens (tertiary/aromatic N) is 2. The Balaban J connectivity index is 1.88. The Morgan fingerprint density at radius 1 is 1.35 bits per heavy atom. The third-order valence-corrected chi connectivity index (χ3v) is 5.37. The Morgan fingerprint density at radius 3 is 2.71 bits per heavy atom. The molecule has 11 nitrogen and oxygen atoms in total. The van der Waals surface area contributed by atoms with E-state index in [0.717, 1.165) is 19.3 Å². The number of carbonyl (C=O) groups excluding carboxylic acids is 1. The van der Waals surface area contributed by atoms with E-state index in [1.807, 2.05) is 6.92 Å². The van der Waals surface area contributed by atoms with Gasteiger partial charge in [-0.1, -0.05) is 6.92 Å². The number of rotatable bonds is 11. The molecule has 1 amide bonds. The Labute approximate surface area is 182 Å². The summed E-state index contributed by atoms with van der Waals surface area (Å²) in [6.07, 6.45) is 1.85. The van der Waals surface area contributed by atoms with Gasteiger partial charge >= 0.3 is 6.09 Å². The zero-order valence-corrected chi connectivity index (χ0v) is 18.7. The van der Waals surface area contributed by atoms with Crippen LogP contribution in [0.5, 0.6) is 0 Å². The minimum atomic E-state index is -3.45. The van der Waals surface area contributed by atoms with Gasteiger partial charge < -0.3 is 20.3 Å². The van der Waals surface area contributed by atoms with Crippen molar-refractivity contribution < 1.29 is 27.1 Å². The predicted molar refractivity (Wildman–Crippen MR) is 115 cm³/mol. The van der Waals surface area contributed by atoms with E-state index in [1.165, 1.54) is 6.07 Å². The molecule has 0 radical (unpaired) electrons. The van der Waals surface area contributed by atoms with Crippen LogP contribution in [0.1, 0.15) is 25.3 Å². The molecular formula is C19H30N4O7S. The second kappa shape index (κ2) is 11.8. The highest BCUT2D eigenvalue weighted by Crippen LogP contribution is 2.26. The van der Waals surface area contributed by atoms with E-state index >= 15 is 0 Å². The molecule has 2 N–H and O–H groups in total. The molecule has 1 heterocycles. The molecule has 1 saturated heterocycles. The summed E-state index contributed by atoms with van der Waals surface area (Å²) < 4.78 is 32.0. The smallest absolute Gasteiger partial charge is 0.410 e. The van der Waals surface area contributed by atoms with Gasteiger partial charge in [0, 0.05) is 38.8 Å². The summed E-state index contributed by atoms with van der Waals surface area (Å²) >= 11 is 0. The van der Waals surface area contributed by atoms with Crippen LogP contribution >= 0.6 is 0 Å². The zero-order valence-electron chi connectivity index (χ0n) is 17.8. The molecule has 0 aromatic heterocycles. The van der Waals surface area contributed by atoms with Gasteiger partial charge in [0.25, 0.3) is 15.8 Å². The van der Waals surface area contributed by atoms with Crippen molar-refractivity contribution in [3.05, 3.63) is 33.9 Å². The number of anilines is 1. The van der Waals surface area contributed by atoms with Crippen molar-refractivity contribution in [3.63, 3.8) is 0 Å². The summed E-state index contributed by atoms with van der Waals surface area (Å²) in [6.45, 7) is 5.16. The van der Waals surface area contributed by atoms with E-state index in [1.54, 1.807) is 17.0 Å². The number of amides is 1. The number of hydrogen-bond acceptors (Lipinski definition) is 9. The quantitative estimate of drug-likeness (QED) is 0.220. The largest absolute Gasteiger partial charge is 0.445 e. The van der Waals surface area contributed by atoms with Crippen LogP contribution in [-0.2, 0) is 25.6 Å². The normalized spacial score (nSPS) is 15.4. The SMILES string of the molecule is CC(CCCOS(C)(=O)=O)CNc1cc(COC(=O)N2CCNCC2)ccc1[N+](=O)[O-]. The Morgan fingerprint density at radius 2 is 2.06 bits per heavy atom. The average Bonchev–Trinajstić information content (AvgIpc) is 2.73. The summed E-state index contributed by atoms with van der Waals surface area (Å²) in [5, 5.41) is 17.6. The summed E-state index contributed by atoms with van der Waals surface area (Å²) in [5.41, 5.74) is 0.926. The van der Waals surface area contributed by atoms with E-state index in [-0.39, 0.29) is 24.8 Å². The second-order valence-electron chi connectivity index (χ2n) is 7.55. The van der Waals surface area contributed by atoms with Gasteiger partial charge in [-0.15, -0.1) is 0 Å². The van der Waals surface area contributed by atoms with Crippen molar-refractivity contribution in [1.29, 1.82) is 0 Å². The maximum absolute atomic E-state index is 12.1. The summed E-state index contributed by atoms with van der Waals surface area (Å²) in [7, 11) is -3.45. The molecule has 12 heteroatoms. The molecular weight excluding hydrogens is 428 g/mol. The maximum Gasteiger partial charge on any atom is 0.410 e. The third kappa shape index (κ3) is 9.07. The van der Waals surface area contributed by atoms with Gasteiger partial charge in [-0.2, -0.15) is 8.42 Å². The molecule has 1 aromatic rings. The lowest BCUT2D eigenvalue weighted by atomic mass is 10.1. The minimum Gasteiger partial charge on any atom is -0.445 e. The summed E-state index contributed by atoms with van der Waals surface area (Å²) in [6, 6.07) is 4.57.